The fourth-order valence-electron chi connectivity index (χ4n) is 2.12. The van der Waals surface area contributed by atoms with Crippen molar-refractivity contribution in [1.82, 2.24) is 5.32 Å². The van der Waals surface area contributed by atoms with Crippen molar-refractivity contribution in [3.8, 4) is 5.75 Å². The predicted octanol–water partition coefficient (Wildman–Crippen LogP) is 5.11. The molecule has 4 heteroatoms. The third kappa shape index (κ3) is 5.53. The number of benzene rings is 2. The summed E-state index contributed by atoms with van der Waals surface area (Å²) in [4.78, 5) is 0. The van der Waals surface area contributed by atoms with Gasteiger partial charge in [0.05, 0.1) is 11.1 Å². The smallest absolute Gasteiger partial charge is 0.138 e. The molecule has 0 aromatic heterocycles. The first kappa shape index (κ1) is 17.1. The molecule has 0 aliphatic heterocycles. The molecule has 2 aromatic carbocycles. The summed E-state index contributed by atoms with van der Waals surface area (Å²) in [7, 11) is 0. The monoisotopic (exact) mass is 337 g/mol. The zero-order chi connectivity index (χ0) is 15.9. The number of hydrogen-bond acceptors (Lipinski definition) is 2. The molecule has 0 amide bonds. The molecule has 0 aliphatic carbocycles. The molecule has 0 fully saturated rings. The number of rotatable bonds is 7. The zero-order valence-corrected chi connectivity index (χ0v) is 14.4. The van der Waals surface area contributed by atoms with Gasteiger partial charge in [0.2, 0.25) is 0 Å². The normalized spacial score (nSPS) is 11.0. The maximum absolute atomic E-state index is 6.23. The first-order chi connectivity index (χ1) is 10.5. The van der Waals surface area contributed by atoms with Gasteiger partial charge in [-0.1, -0.05) is 41.4 Å². The Morgan fingerprint density at radius 3 is 2.32 bits per heavy atom. The van der Waals surface area contributed by atoms with E-state index in [2.05, 4.69) is 17.4 Å². The lowest BCUT2D eigenvalue weighted by atomic mass is 10.1. The summed E-state index contributed by atoms with van der Waals surface area (Å²) in [6.07, 6.45) is 1.10. The van der Waals surface area contributed by atoms with Gasteiger partial charge in [0, 0.05) is 11.6 Å². The molecule has 0 heterocycles. The fraction of sp³-hybridized carbons (Fsp3) is 0.333. The molecule has 0 saturated carbocycles. The van der Waals surface area contributed by atoms with Crippen molar-refractivity contribution < 1.29 is 4.74 Å². The lowest BCUT2D eigenvalue weighted by molar-refractivity contribution is 0.242. The highest BCUT2D eigenvalue weighted by Crippen LogP contribution is 2.26. The molecule has 0 aliphatic rings. The maximum atomic E-state index is 6.23. The average molecular weight is 338 g/mol. The molecular weight excluding hydrogens is 317 g/mol. The third-order valence-corrected chi connectivity index (χ3v) is 3.74. The van der Waals surface area contributed by atoms with Gasteiger partial charge in [-0.15, -0.1) is 0 Å². The Hall–Kier alpha value is -1.22. The van der Waals surface area contributed by atoms with Crippen LogP contribution in [-0.2, 0) is 13.0 Å². The van der Waals surface area contributed by atoms with Gasteiger partial charge >= 0.3 is 0 Å². The molecule has 0 unspecified atom stereocenters. The highest BCUT2D eigenvalue weighted by molar-refractivity contribution is 6.32. The van der Waals surface area contributed by atoms with Gasteiger partial charge in [0.1, 0.15) is 5.75 Å². The molecule has 0 radical (unpaired) electrons. The van der Waals surface area contributed by atoms with Crippen LogP contribution in [0.15, 0.2) is 42.5 Å². The highest BCUT2D eigenvalue weighted by Gasteiger charge is 2.05. The first-order valence-corrected chi connectivity index (χ1v) is 8.20. The Balaban J connectivity index is 1.79. The Bertz CT molecular complexity index is 597. The Morgan fingerprint density at radius 1 is 1.00 bits per heavy atom. The van der Waals surface area contributed by atoms with Crippen LogP contribution in [0, 0.1) is 0 Å². The van der Waals surface area contributed by atoms with E-state index in [9.17, 15) is 0 Å². The summed E-state index contributed by atoms with van der Waals surface area (Å²) in [5, 5.41) is 4.85. The van der Waals surface area contributed by atoms with Crippen molar-refractivity contribution in [2.75, 3.05) is 6.54 Å². The maximum Gasteiger partial charge on any atom is 0.138 e. The summed E-state index contributed by atoms with van der Waals surface area (Å²) >= 11 is 12.1. The summed E-state index contributed by atoms with van der Waals surface area (Å²) in [5.74, 6) is 0.738. The zero-order valence-electron chi connectivity index (χ0n) is 12.9. The Kier molecular flexibility index (Phi) is 6.56. The van der Waals surface area contributed by atoms with Crippen LogP contribution in [0.1, 0.15) is 25.0 Å². The van der Waals surface area contributed by atoms with E-state index in [1.54, 1.807) is 0 Å². The third-order valence-electron chi connectivity index (χ3n) is 3.19. The molecule has 2 aromatic rings. The lowest BCUT2D eigenvalue weighted by Crippen LogP contribution is -2.16. The van der Waals surface area contributed by atoms with Crippen molar-refractivity contribution in [2.45, 2.75) is 32.9 Å². The fourth-order valence-corrected chi connectivity index (χ4v) is 2.49. The topological polar surface area (TPSA) is 21.3 Å². The van der Waals surface area contributed by atoms with Crippen molar-refractivity contribution in [3.05, 3.63) is 63.6 Å². The van der Waals surface area contributed by atoms with Crippen molar-refractivity contribution in [2.24, 2.45) is 0 Å². The second-order valence-electron chi connectivity index (χ2n) is 5.48. The van der Waals surface area contributed by atoms with Gasteiger partial charge in [-0.3, -0.25) is 0 Å². The highest BCUT2D eigenvalue weighted by atomic mass is 35.5. The lowest BCUT2D eigenvalue weighted by Gasteiger charge is -2.12. The second-order valence-corrected chi connectivity index (χ2v) is 6.33. The molecule has 0 bridgehead atoms. The van der Waals surface area contributed by atoms with Crippen molar-refractivity contribution in [3.63, 3.8) is 0 Å². The van der Waals surface area contributed by atoms with E-state index < -0.39 is 0 Å². The minimum Gasteiger partial charge on any atom is -0.489 e. The molecule has 118 valence electrons. The number of nitrogens with one attached hydrogen (secondary N) is 1. The van der Waals surface area contributed by atoms with Crippen LogP contribution < -0.4 is 10.1 Å². The van der Waals surface area contributed by atoms with Crippen LogP contribution in [0.25, 0.3) is 0 Å². The molecule has 2 nitrogen and oxygen atoms in total. The molecule has 0 atom stereocenters. The number of hydrogen-bond donors (Lipinski definition) is 1. The summed E-state index contributed by atoms with van der Waals surface area (Å²) in [6, 6.07) is 13.9. The van der Waals surface area contributed by atoms with E-state index >= 15 is 0 Å². The van der Waals surface area contributed by atoms with E-state index in [1.807, 2.05) is 44.2 Å². The van der Waals surface area contributed by atoms with E-state index in [4.69, 9.17) is 27.9 Å². The van der Waals surface area contributed by atoms with Gasteiger partial charge in [0.25, 0.3) is 0 Å². The molecular formula is C18H21Cl2NO. The van der Waals surface area contributed by atoms with Crippen LogP contribution >= 0.6 is 23.2 Å². The predicted molar refractivity (Wildman–Crippen MR) is 94.1 cm³/mol. The summed E-state index contributed by atoms with van der Waals surface area (Å²) < 4.78 is 5.63. The summed E-state index contributed by atoms with van der Waals surface area (Å²) in [6.45, 7) is 5.67. The van der Waals surface area contributed by atoms with Crippen LogP contribution in [0.3, 0.4) is 0 Å². The quantitative estimate of drug-likeness (QED) is 0.708. The number of ether oxygens (including phenoxy) is 1. The second kappa shape index (κ2) is 8.42. The van der Waals surface area contributed by atoms with Gasteiger partial charge in [-0.05, 0) is 62.2 Å². The van der Waals surface area contributed by atoms with E-state index in [0.29, 0.717) is 5.02 Å². The van der Waals surface area contributed by atoms with E-state index in [0.717, 1.165) is 35.8 Å². The van der Waals surface area contributed by atoms with Crippen molar-refractivity contribution in [1.29, 1.82) is 0 Å². The van der Waals surface area contributed by atoms with Gasteiger partial charge in [0.15, 0.2) is 0 Å². The van der Waals surface area contributed by atoms with Gasteiger partial charge in [-0.25, -0.2) is 0 Å². The van der Waals surface area contributed by atoms with Crippen molar-refractivity contribution >= 4 is 23.2 Å². The first-order valence-electron chi connectivity index (χ1n) is 7.45. The minimum atomic E-state index is 0.126. The Labute approximate surface area is 142 Å². The van der Waals surface area contributed by atoms with Gasteiger partial charge < -0.3 is 10.1 Å². The van der Waals surface area contributed by atoms with E-state index in [1.165, 1.54) is 5.56 Å². The van der Waals surface area contributed by atoms with Crippen LogP contribution in [0.5, 0.6) is 5.75 Å². The van der Waals surface area contributed by atoms with Crippen LogP contribution in [0.4, 0.5) is 0 Å². The molecule has 2 rings (SSSR count). The van der Waals surface area contributed by atoms with E-state index in [-0.39, 0.29) is 6.10 Å². The average Bonchev–Trinajstić information content (AvgIpc) is 2.48. The summed E-state index contributed by atoms with van der Waals surface area (Å²) in [5.41, 5.74) is 2.42. The van der Waals surface area contributed by atoms with Gasteiger partial charge in [-0.2, -0.15) is 0 Å². The molecule has 0 saturated heterocycles. The number of halogens is 2. The van der Waals surface area contributed by atoms with Crippen LogP contribution in [-0.4, -0.2) is 12.6 Å². The molecule has 22 heavy (non-hydrogen) atoms. The van der Waals surface area contributed by atoms with Crippen LogP contribution in [0.2, 0.25) is 10.0 Å². The Morgan fingerprint density at radius 2 is 1.68 bits per heavy atom. The SMILES string of the molecule is CC(C)Oc1ccc(CNCCc2ccc(Cl)cc2)cc1Cl. The minimum absolute atomic E-state index is 0.126. The largest absolute Gasteiger partial charge is 0.489 e. The molecule has 1 N–H and O–H groups in total. The molecule has 0 spiro atoms. The standard InChI is InChI=1S/C18H21Cl2NO/c1-13(2)22-18-8-5-15(11-17(18)20)12-21-10-9-14-3-6-16(19)7-4-14/h3-8,11,13,21H,9-10,12H2,1-2H3.